The molecule has 0 N–H and O–H groups in total. The van der Waals surface area contributed by atoms with E-state index in [0.29, 0.717) is 12.1 Å². The van der Waals surface area contributed by atoms with Crippen molar-refractivity contribution >= 4 is 15.7 Å². The van der Waals surface area contributed by atoms with E-state index in [4.69, 9.17) is 0 Å². The Morgan fingerprint density at radius 3 is 2.82 bits per heavy atom. The highest BCUT2D eigenvalue weighted by molar-refractivity contribution is 7.89. The highest BCUT2D eigenvalue weighted by Gasteiger charge is 2.01. The predicted molar refractivity (Wildman–Crippen MR) is 43.8 cm³/mol. The summed E-state index contributed by atoms with van der Waals surface area (Å²) >= 11 is 0. The summed E-state index contributed by atoms with van der Waals surface area (Å²) in [5.41, 5.74) is 0.537. The van der Waals surface area contributed by atoms with E-state index in [2.05, 4.69) is 10.5 Å². The van der Waals surface area contributed by atoms with Gasteiger partial charge in [-0.05, 0) is 12.2 Å². The van der Waals surface area contributed by atoms with E-state index in [9.17, 15) is 8.42 Å². The van der Waals surface area contributed by atoms with Gasteiger partial charge in [-0.3, -0.25) is 0 Å². The van der Waals surface area contributed by atoms with Crippen LogP contribution in [-0.4, -0.2) is 20.4 Å². The van der Waals surface area contributed by atoms with Crippen molar-refractivity contribution < 1.29 is 8.42 Å². The molecule has 0 amide bonds. The zero-order chi connectivity index (χ0) is 8.32. The van der Waals surface area contributed by atoms with Crippen LogP contribution in [0.1, 0.15) is 6.42 Å². The highest BCUT2D eigenvalue weighted by Crippen LogP contribution is 2.00. The van der Waals surface area contributed by atoms with Gasteiger partial charge in [0.25, 0.3) is 0 Å². The number of hydrogen-bond acceptors (Lipinski definition) is 2. The molecule has 0 fully saturated rings. The summed E-state index contributed by atoms with van der Waals surface area (Å²) in [5.74, 6) is 0. The second-order valence-electron chi connectivity index (χ2n) is 2.22. The molecule has 0 spiro atoms. The molecule has 1 radical (unpaired) electrons. The minimum absolute atomic E-state index is 0.476. The smallest absolute Gasteiger partial charge is 0.205 e. The van der Waals surface area contributed by atoms with E-state index >= 15 is 0 Å². The quantitative estimate of drug-likeness (QED) is 0.581. The Morgan fingerprint density at radius 1 is 1.64 bits per heavy atom. The van der Waals surface area contributed by atoms with Crippen LogP contribution in [0.2, 0.25) is 0 Å². The Bertz CT molecular complexity index is 322. The van der Waals surface area contributed by atoms with Crippen LogP contribution < -0.4 is 0 Å². The van der Waals surface area contributed by atoms with E-state index in [1.807, 2.05) is 0 Å². The molecule has 11 heavy (non-hydrogen) atoms. The van der Waals surface area contributed by atoms with Crippen LogP contribution in [0.5, 0.6) is 0 Å². The molecule has 3 nitrogen and oxygen atoms in total. The van der Waals surface area contributed by atoms with E-state index in [0.717, 1.165) is 6.26 Å². The maximum Gasteiger partial charge on any atom is 0.250 e. The molecule has 1 aliphatic carbocycles. The third-order valence-corrected chi connectivity index (χ3v) is 1.64. The van der Waals surface area contributed by atoms with Crippen LogP contribution in [0.25, 0.3) is 0 Å². The van der Waals surface area contributed by atoms with Crippen molar-refractivity contribution in [2.75, 3.05) is 6.26 Å². The minimum Gasteiger partial charge on any atom is -0.205 e. The summed E-state index contributed by atoms with van der Waals surface area (Å²) in [6, 6.07) is 0. The second kappa shape index (κ2) is 3.00. The first-order valence-electron chi connectivity index (χ1n) is 3.10. The van der Waals surface area contributed by atoms with Crippen molar-refractivity contribution in [1.82, 2.24) is 0 Å². The first kappa shape index (κ1) is 8.20. The van der Waals surface area contributed by atoms with E-state index in [1.165, 1.54) is 0 Å². The highest BCUT2D eigenvalue weighted by atomic mass is 32.2. The van der Waals surface area contributed by atoms with Gasteiger partial charge >= 0.3 is 0 Å². The first-order chi connectivity index (χ1) is 5.08. The molecule has 59 valence electrons. The minimum atomic E-state index is -3.24. The zero-order valence-electron chi connectivity index (χ0n) is 6.11. The molecule has 1 aliphatic rings. The third kappa shape index (κ3) is 3.13. The van der Waals surface area contributed by atoms with Crippen LogP contribution >= 0.6 is 0 Å². The molecule has 0 aromatic carbocycles. The van der Waals surface area contributed by atoms with E-state index < -0.39 is 10.0 Å². The van der Waals surface area contributed by atoms with Crippen LogP contribution in [0, 0.1) is 6.08 Å². The van der Waals surface area contributed by atoms with Crippen molar-refractivity contribution in [1.29, 1.82) is 0 Å². The van der Waals surface area contributed by atoms with Crippen LogP contribution in [0.3, 0.4) is 0 Å². The van der Waals surface area contributed by atoms with E-state index in [-0.39, 0.29) is 0 Å². The van der Waals surface area contributed by atoms with Crippen LogP contribution in [-0.2, 0) is 10.0 Å². The second-order valence-corrected chi connectivity index (χ2v) is 3.87. The number of allylic oxidation sites excluding steroid dienone is 4. The van der Waals surface area contributed by atoms with Gasteiger partial charge in [0.05, 0.1) is 12.0 Å². The zero-order valence-corrected chi connectivity index (χ0v) is 6.93. The largest absolute Gasteiger partial charge is 0.250 e. The average Bonchev–Trinajstić information content (AvgIpc) is 1.85. The Morgan fingerprint density at radius 2 is 2.36 bits per heavy atom. The number of rotatable bonds is 1. The van der Waals surface area contributed by atoms with Gasteiger partial charge in [0, 0.05) is 6.42 Å². The molecule has 0 bridgehead atoms. The summed E-state index contributed by atoms with van der Waals surface area (Å²) in [6.45, 7) is 0. The Hall–Kier alpha value is -0.900. The molecule has 0 saturated heterocycles. The molecule has 0 unspecified atom stereocenters. The van der Waals surface area contributed by atoms with Gasteiger partial charge < -0.3 is 0 Å². The first-order valence-corrected chi connectivity index (χ1v) is 4.95. The maximum atomic E-state index is 10.6. The Labute approximate surface area is 66.2 Å². The summed E-state index contributed by atoms with van der Waals surface area (Å²) in [6.07, 6.45) is 9.52. The van der Waals surface area contributed by atoms with Gasteiger partial charge in [0.15, 0.2) is 0 Å². The van der Waals surface area contributed by atoms with Gasteiger partial charge in [-0.1, -0.05) is 12.2 Å². The predicted octanol–water partition coefficient (Wildman–Crippen LogP) is 0.706. The molecular formula is C7H8NO2S. The van der Waals surface area contributed by atoms with Crippen molar-refractivity contribution in [3.05, 3.63) is 24.3 Å². The van der Waals surface area contributed by atoms with Crippen LogP contribution in [0.15, 0.2) is 22.6 Å². The lowest BCUT2D eigenvalue weighted by molar-refractivity contribution is 0.603. The summed E-state index contributed by atoms with van der Waals surface area (Å²) in [5, 5.41) is 0. The van der Waals surface area contributed by atoms with Gasteiger partial charge in [-0.25, -0.2) is 8.42 Å². The van der Waals surface area contributed by atoms with Gasteiger partial charge in [-0.15, -0.1) is 0 Å². The normalized spacial score (nSPS) is 21.0. The summed E-state index contributed by atoms with van der Waals surface area (Å²) in [7, 11) is -3.24. The van der Waals surface area contributed by atoms with Crippen LogP contribution in [0.4, 0.5) is 0 Å². The molecule has 1 rings (SSSR count). The van der Waals surface area contributed by atoms with E-state index in [1.54, 1.807) is 18.2 Å². The lowest BCUT2D eigenvalue weighted by Crippen LogP contribution is -2.00. The number of sulfonamides is 1. The Kier molecular flexibility index (Phi) is 2.24. The lowest BCUT2D eigenvalue weighted by Gasteiger charge is -1.97. The Balaban J connectivity index is 2.85. The molecule has 0 saturated carbocycles. The van der Waals surface area contributed by atoms with Crippen molar-refractivity contribution in [2.45, 2.75) is 6.42 Å². The van der Waals surface area contributed by atoms with Gasteiger partial charge in [0.2, 0.25) is 10.0 Å². The molecule has 0 aliphatic heterocycles. The average molecular weight is 170 g/mol. The monoisotopic (exact) mass is 170 g/mol. The molecule has 0 aromatic heterocycles. The standard InChI is InChI=1S/C7H8NO2S/c1-11(9,10)8-7-5-3-2-4-6-7/h2-3,5H,6H2,1H3/b8-7+. The van der Waals surface area contributed by atoms with Crippen molar-refractivity contribution in [3.8, 4) is 0 Å². The lowest BCUT2D eigenvalue weighted by atomic mass is 10.2. The summed E-state index contributed by atoms with van der Waals surface area (Å²) < 4.78 is 24.8. The SMILES string of the molecule is CS(=O)(=O)/N=C1\C=CC=[C]C1. The molecular weight excluding hydrogens is 162 g/mol. The fourth-order valence-electron chi connectivity index (χ4n) is 0.725. The maximum absolute atomic E-state index is 10.6. The summed E-state index contributed by atoms with van der Waals surface area (Å²) in [4.78, 5) is 0. The fourth-order valence-corrected chi connectivity index (χ4v) is 1.28. The van der Waals surface area contributed by atoms with Crippen molar-refractivity contribution in [2.24, 2.45) is 4.40 Å². The number of hydrogen-bond donors (Lipinski definition) is 0. The molecule has 0 atom stereocenters. The fraction of sp³-hybridized carbons (Fsp3) is 0.286. The number of nitrogens with zero attached hydrogens (tertiary/aromatic N) is 1. The molecule has 0 aromatic rings. The molecule has 4 heteroatoms. The topological polar surface area (TPSA) is 46.5 Å². The van der Waals surface area contributed by atoms with Gasteiger partial charge in [0.1, 0.15) is 0 Å². The molecule has 0 heterocycles. The van der Waals surface area contributed by atoms with Gasteiger partial charge in [-0.2, -0.15) is 4.40 Å². The van der Waals surface area contributed by atoms with Crippen molar-refractivity contribution in [3.63, 3.8) is 0 Å². The third-order valence-electron chi connectivity index (χ3n) is 1.07.